The van der Waals surface area contributed by atoms with Gasteiger partial charge in [0.15, 0.2) is 5.16 Å². The first-order valence-corrected chi connectivity index (χ1v) is 11.5. The van der Waals surface area contributed by atoms with Gasteiger partial charge in [-0.15, -0.1) is 10.2 Å². The van der Waals surface area contributed by atoms with E-state index in [1.165, 1.54) is 11.8 Å². The topological polar surface area (TPSA) is 72.3 Å². The van der Waals surface area contributed by atoms with E-state index in [2.05, 4.69) is 20.4 Å². The largest absolute Gasteiger partial charge is 0.378 e. The highest BCUT2D eigenvalue weighted by Crippen LogP contribution is 2.30. The zero-order valence-electron chi connectivity index (χ0n) is 16.8. The van der Waals surface area contributed by atoms with Crippen LogP contribution in [0.5, 0.6) is 0 Å². The second-order valence-corrected chi connectivity index (χ2v) is 8.75. The Labute approximate surface area is 194 Å². The van der Waals surface area contributed by atoms with Gasteiger partial charge in [0.25, 0.3) is 0 Å². The van der Waals surface area contributed by atoms with E-state index in [0.29, 0.717) is 34.1 Å². The van der Waals surface area contributed by atoms with Gasteiger partial charge in [0, 0.05) is 18.1 Å². The molecule has 0 aliphatic carbocycles. The normalized spacial score (nSPS) is 14.0. The Morgan fingerprint density at radius 3 is 2.71 bits per heavy atom. The van der Waals surface area contributed by atoms with Crippen LogP contribution >= 0.6 is 35.0 Å². The third-order valence-corrected chi connectivity index (χ3v) is 6.30. The minimum absolute atomic E-state index is 0.149. The third-order valence-electron chi connectivity index (χ3n) is 4.80. The van der Waals surface area contributed by atoms with Gasteiger partial charge in [-0.25, -0.2) is 0 Å². The average molecular weight is 478 g/mol. The quantitative estimate of drug-likeness (QED) is 0.528. The first-order chi connectivity index (χ1) is 15.0. The van der Waals surface area contributed by atoms with Crippen LogP contribution in [0.4, 0.5) is 11.6 Å². The molecular weight excluding hydrogens is 457 g/mol. The number of halogens is 2. The van der Waals surface area contributed by atoms with Crippen molar-refractivity contribution in [1.29, 1.82) is 0 Å². The molecule has 31 heavy (non-hydrogen) atoms. The van der Waals surface area contributed by atoms with Crippen molar-refractivity contribution < 1.29 is 9.53 Å². The van der Waals surface area contributed by atoms with E-state index in [1.807, 2.05) is 35.8 Å². The first kappa shape index (κ1) is 22.0. The van der Waals surface area contributed by atoms with Gasteiger partial charge < -0.3 is 15.0 Å². The van der Waals surface area contributed by atoms with E-state index in [9.17, 15) is 4.79 Å². The number of hydrogen-bond acceptors (Lipinski definition) is 6. The van der Waals surface area contributed by atoms with Gasteiger partial charge in [-0.2, -0.15) is 0 Å². The smallest absolute Gasteiger partial charge is 0.234 e. The Morgan fingerprint density at radius 2 is 1.94 bits per heavy atom. The SMILES string of the molecule is Cc1ccccc1-n1c(SCC(=O)Nc2cc(Cl)ccc2Cl)nnc1N1CCOCC1. The molecule has 2 aromatic carbocycles. The van der Waals surface area contributed by atoms with Crippen LogP contribution in [0.25, 0.3) is 5.69 Å². The van der Waals surface area contributed by atoms with Crippen LogP contribution in [0.2, 0.25) is 10.0 Å². The Bertz CT molecular complexity index is 1090. The highest BCUT2D eigenvalue weighted by molar-refractivity contribution is 7.99. The lowest BCUT2D eigenvalue weighted by Gasteiger charge is -2.28. The molecule has 0 saturated carbocycles. The van der Waals surface area contributed by atoms with Crippen molar-refractivity contribution in [3.63, 3.8) is 0 Å². The Hall–Kier alpha value is -2.26. The van der Waals surface area contributed by atoms with Crippen LogP contribution < -0.4 is 10.2 Å². The van der Waals surface area contributed by atoms with Crippen LogP contribution in [0, 0.1) is 6.92 Å². The molecule has 1 amide bonds. The molecule has 1 saturated heterocycles. The molecule has 2 heterocycles. The average Bonchev–Trinajstić information content (AvgIpc) is 3.19. The Kier molecular flexibility index (Phi) is 7.02. The van der Waals surface area contributed by atoms with Crippen molar-refractivity contribution in [2.24, 2.45) is 0 Å². The molecule has 10 heteroatoms. The second-order valence-electron chi connectivity index (χ2n) is 6.96. The molecular formula is C21H21Cl2N5O2S. The maximum absolute atomic E-state index is 12.6. The lowest BCUT2D eigenvalue weighted by Crippen LogP contribution is -2.38. The van der Waals surface area contributed by atoms with Crippen LogP contribution in [0.3, 0.4) is 0 Å². The van der Waals surface area contributed by atoms with Crippen molar-refractivity contribution in [1.82, 2.24) is 14.8 Å². The predicted octanol–water partition coefficient (Wildman–Crippen LogP) is 4.45. The van der Waals surface area contributed by atoms with Gasteiger partial charge in [-0.05, 0) is 36.8 Å². The number of hydrogen-bond donors (Lipinski definition) is 1. The van der Waals surface area contributed by atoms with Crippen molar-refractivity contribution in [3.8, 4) is 5.69 Å². The molecule has 4 rings (SSSR count). The molecule has 1 aliphatic heterocycles. The summed E-state index contributed by atoms with van der Waals surface area (Å²) in [7, 11) is 0. The number of ether oxygens (including phenoxy) is 1. The van der Waals surface area contributed by atoms with E-state index in [-0.39, 0.29) is 11.7 Å². The molecule has 162 valence electrons. The molecule has 1 fully saturated rings. The van der Waals surface area contributed by atoms with Gasteiger partial charge >= 0.3 is 0 Å². The van der Waals surface area contributed by atoms with Crippen LogP contribution in [-0.2, 0) is 9.53 Å². The number of carbonyl (C=O) groups is 1. The highest BCUT2D eigenvalue weighted by Gasteiger charge is 2.23. The maximum atomic E-state index is 12.6. The maximum Gasteiger partial charge on any atom is 0.234 e. The van der Waals surface area contributed by atoms with Crippen molar-refractivity contribution in [2.75, 3.05) is 42.3 Å². The number of morpholine rings is 1. The fourth-order valence-corrected chi connectivity index (χ4v) is 4.34. The van der Waals surface area contributed by atoms with Crippen molar-refractivity contribution in [2.45, 2.75) is 12.1 Å². The van der Waals surface area contributed by atoms with Crippen LogP contribution in [0.1, 0.15) is 5.56 Å². The summed E-state index contributed by atoms with van der Waals surface area (Å²) in [5.74, 6) is 0.690. The second kappa shape index (κ2) is 9.91. The van der Waals surface area contributed by atoms with E-state index in [4.69, 9.17) is 27.9 Å². The van der Waals surface area contributed by atoms with Gasteiger partial charge in [0.1, 0.15) is 0 Å². The standard InChI is InChI=1S/C21H21Cl2N5O2S/c1-14-4-2-3-5-18(14)28-20(27-8-10-30-11-9-27)25-26-21(28)31-13-19(29)24-17-12-15(22)6-7-16(17)23/h2-7,12H,8-11,13H2,1H3,(H,24,29). The monoisotopic (exact) mass is 477 g/mol. The van der Waals surface area contributed by atoms with Gasteiger partial charge in [0.05, 0.1) is 35.4 Å². The summed E-state index contributed by atoms with van der Waals surface area (Å²) in [6.07, 6.45) is 0. The number of nitrogens with zero attached hydrogens (tertiary/aromatic N) is 4. The van der Waals surface area contributed by atoms with E-state index >= 15 is 0 Å². The van der Waals surface area contributed by atoms with Crippen LogP contribution in [-0.4, -0.2) is 52.7 Å². The number of aromatic nitrogens is 3. The number of anilines is 2. The lowest BCUT2D eigenvalue weighted by molar-refractivity contribution is -0.113. The predicted molar refractivity (Wildman–Crippen MR) is 125 cm³/mol. The number of thioether (sulfide) groups is 1. The summed E-state index contributed by atoms with van der Waals surface area (Å²) in [5, 5.41) is 13.2. The number of aryl methyl sites for hydroxylation is 1. The molecule has 1 aliphatic rings. The Balaban J connectivity index is 1.56. The number of rotatable bonds is 6. The molecule has 0 bridgehead atoms. The molecule has 1 aromatic heterocycles. The van der Waals surface area contributed by atoms with Crippen LogP contribution in [0.15, 0.2) is 47.6 Å². The molecule has 1 N–H and O–H groups in total. The van der Waals surface area contributed by atoms with Crippen molar-refractivity contribution in [3.05, 3.63) is 58.1 Å². The van der Waals surface area contributed by atoms with E-state index < -0.39 is 0 Å². The molecule has 0 spiro atoms. The molecule has 0 atom stereocenters. The van der Waals surface area contributed by atoms with E-state index in [0.717, 1.165) is 30.3 Å². The minimum Gasteiger partial charge on any atom is -0.378 e. The summed E-state index contributed by atoms with van der Waals surface area (Å²) in [4.78, 5) is 14.7. The molecule has 0 radical (unpaired) electrons. The third kappa shape index (κ3) is 5.15. The van der Waals surface area contributed by atoms with Gasteiger partial charge in [0.2, 0.25) is 11.9 Å². The number of nitrogens with one attached hydrogen (secondary N) is 1. The number of para-hydroxylation sites is 1. The number of benzene rings is 2. The summed E-state index contributed by atoms with van der Waals surface area (Å²) < 4.78 is 7.48. The number of amides is 1. The highest BCUT2D eigenvalue weighted by atomic mass is 35.5. The molecule has 3 aromatic rings. The fraction of sp³-hybridized carbons (Fsp3) is 0.286. The number of carbonyl (C=O) groups excluding carboxylic acids is 1. The zero-order chi connectivity index (χ0) is 21.8. The lowest BCUT2D eigenvalue weighted by atomic mass is 10.2. The van der Waals surface area contributed by atoms with Crippen molar-refractivity contribution >= 4 is 52.5 Å². The Morgan fingerprint density at radius 1 is 1.16 bits per heavy atom. The zero-order valence-corrected chi connectivity index (χ0v) is 19.2. The van der Waals surface area contributed by atoms with E-state index in [1.54, 1.807) is 18.2 Å². The summed E-state index contributed by atoms with van der Waals surface area (Å²) in [6, 6.07) is 13.0. The van der Waals surface area contributed by atoms with Gasteiger partial charge in [-0.3, -0.25) is 9.36 Å². The molecule has 0 unspecified atom stereocenters. The fourth-order valence-electron chi connectivity index (χ4n) is 3.26. The molecule has 7 nitrogen and oxygen atoms in total. The van der Waals surface area contributed by atoms with Gasteiger partial charge in [-0.1, -0.05) is 53.2 Å². The minimum atomic E-state index is -0.207. The summed E-state index contributed by atoms with van der Waals surface area (Å²) >= 11 is 13.5. The summed E-state index contributed by atoms with van der Waals surface area (Å²) in [6.45, 7) is 4.81. The first-order valence-electron chi connectivity index (χ1n) is 9.75. The summed E-state index contributed by atoms with van der Waals surface area (Å²) in [5.41, 5.74) is 2.55.